The summed E-state index contributed by atoms with van der Waals surface area (Å²) < 4.78 is 5.31. The zero-order valence-electron chi connectivity index (χ0n) is 19.5. The summed E-state index contributed by atoms with van der Waals surface area (Å²) in [7, 11) is 1.62. The van der Waals surface area contributed by atoms with Crippen molar-refractivity contribution >= 4 is 23.4 Å². The number of carbonyl (C=O) groups is 1. The SMILES string of the molecule is COc1ccc(C2C3=C(CC(C)(C)CC3=O)Nc3nc(SCc4ccccc4)[nH]c(=O)c32)cc1. The number of H-pyrrole nitrogens is 1. The van der Waals surface area contributed by atoms with Gasteiger partial charge in [0.1, 0.15) is 11.6 Å². The van der Waals surface area contributed by atoms with Crippen molar-refractivity contribution in [3.63, 3.8) is 0 Å². The first-order valence-corrected chi connectivity index (χ1v) is 12.3. The van der Waals surface area contributed by atoms with Crippen LogP contribution < -0.4 is 15.6 Å². The molecule has 1 atom stereocenters. The molecular formula is C27H27N3O3S. The topological polar surface area (TPSA) is 84.1 Å². The van der Waals surface area contributed by atoms with E-state index in [1.54, 1.807) is 7.11 Å². The number of allylic oxidation sites excluding steroid dienone is 2. The molecule has 1 aliphatic heterocycles. The molecule has 6 nitrogen and oxygen atoms in total. The summed E-state index contributed by atoms with van der Waals surface area (Å²) >= 11 is 1.49. The van der Waals surface area contributed by atoms with Crippen molar-refractivity contribution in [1.82, 2.24) is 9.97 Å². The number of Topliss-reactive ketones (excluding diaryl/α,β-unsaturated/α-hetero) is 1. The average molecular weight is 474 g/mol. The highest BCUT2D eigenvalue weighted by atomic mass is 32.2. The highest BCUT2D eigenvalue weighted by molar-refractivity contribution is 7.98. The van der Waals surface area contributed by atoms with Gasteiger partial charge >= 0.3 is 0 Å². The van der Waals surface area contributed by atoms with Gasteiger partial charge in [0.25, 0.3) is 5.56 Å². The van der Waals surface area contributed by atoms with Gasteiger partial charge in [-0.2, -0.15) is 0 Å². The van der Waals surface area contributed by atoms with Crippen LogP contribution in [0.15, 0.2) is 75.8 Å². The molecule has 2 N–H and O–H groups in total. The first-order chi connectivity index (χ1) is 16.3. The van der Waals surface area contributed by atoms with E-state index in [4.69, 9.17) is 9.72 Å². The molecule has 0 saturated carbocycles. The van der Waals surface area contributed by atoms with E-state index in [-0.39, 0.29) is 16.8 Å². The molecule has 0 spiro atoms. The summed E-state index contributed by atoms with van der Waals surface area (Å²) in [6, 6.07) is 17.6. The van der Waals surface area contributed by atoms with Gasteiger partial charge < -0.3 is 15.0 Å². The Morgan fingerprint density at radius 2 is 1.79 bits per heavy atom. The number of benzene rings is 2. The number of hydrogen-bond donors (Lipinski definition) is 2. The van der Waals surface area contributed by atoms with Gasteiger partial charge in [0, 0.05) is 29.4 Å². The van der Waals surface area contributed by atoms with Crippen LogP contribution in [-0.2, 0) is 10.5 Å². The van der Waals surface area contributed by atoms with Crippen LogP contribution in [0.2, 0.25) is 0 Å². The van der Waals surface area contributed by atoms with Gasteiger partial charge in [-0.15, -0.1) is 0 Å². The summed E-state index contributed by atoms with van der Waals surface area (Å²) in [4.78, 5) is 34.5. The maximum Gasteiger partial charge on any atom is 0.257 e. The number of rotatable bonds is 5. The van der Waals surface area contributed by atoms with Crippen molar-refractivity contribution in [3.8, 4) is 5.75 Å². The quantitative estimate of drug-likeness (QED) is 0.388. The molecular weight excluding hydrogens is 446 g/mol. The molecule has 0 bridgehead atoms. The molecule has 1 aromatic heterocycles. The fourth-order valence-electron chi connectivity index (χ4n) is 4.82. The van der Waals surface area contributed by atoms with Gasteiger partial charge in [0.15, 0.2) is 10.9 Å². The summed E-state index contributed by atoms with van der Waals surface area (Å²) in [5, 5.41) is 3.93. The number of anilines is 1. The van der Waals surface area contributed by atoms with Crippen LogP contribution in [0.3, 0.4) is 0 Å². The maximum absolute atomic E-state index is 13.4. The van der Waals surface area contributed by atoms with Gasteiger partial charge in [-0.25, -0.2) is 4.98 Å². The van der Waals surface area contributed by atoms with Crippen molar-refractivity contribution in [2.24, 2.45) is 5.41 Å². The molecule has 34 heavy (non-hydrogen) atoms. The van der Waals surface area contributed by atoms with Crippen LogP contribution in [0, 0.1) is 5.41 Å². The Morgan fingerprint density at radius 1 is 1.06 bits per heavy atom. The molecule has 0 fully saturated rings. The Balaban J connectivity index is 1.59. The standard InChI is InChI=1S/C27H27N3O3S/c1-27(2)13-19-22(20(31)14-27)21(17-9-11-18(33-3)12-10-17)23-24(28-19)29-26(30-25(23)32)34-15-16-7-5-4-6-8-16/h4-12,21H,13-15H2,1-3H3,(H2,28,29,30,32). The number of nitrogens with zero attached hydrogens (tertiary/aromatic N) is 1. The van der Waals surface area contributed by atoms with Gasteiger partial charge in [0.2, 0.25) is 0 Å². The van der Waals surface area contributed by atoms with E-state index in [0.717, 1.165) is 29.0 Å². The molecule has 3 aromatic rings. The Morgan fingerprint density at radius 3 is 2.50 bits per heavy atom. The molecule has 0 radical (unpaired) electrons. The third kappa shape index (κ3) is 4.28. The lowest BCUT2D eigenvalue weighted by Crippen LogP contribution is -2.37. The van der Waals surface area contributed by atoms with Crippen molar-refractivity contribution < 1.29 is 9.53 Å². The summed E-state index contributed by atoms with van der Waals surface area (Å²) in [6.45, 7) is 4.20. The van der Waals surface area contributed by atoms with Gasteiger partial charge in [-0.3, -0.25) is 9.59 Å². The van der Waals surface area contributed by atoms with E-state index in [0.29, 0.717) is 34.3 Å². The third-order valence-electron chi connectivity index (χ3n) is 6.37. The predicted molar refractivity (Wildman–Crippen MR) is 134 cm³/mol. The minimum Gasteiger partial charge on any atom is -0.497 e. The van der Waals surface area contributed by atoms with Gasteiger partial charge in [-0.1, -0.05) is 68.1 Å². The minimum absolute atomic E-state index is 0.0761. The van der Waals surface area contributed by atoms with Crippen LogP contribution in [0.25, 0.3) is 0 Å². The summed E-state index contributed by atoms with van der Waals surface area (Å²) in [5.41, 5.74) is 3.68. The molecule has 174 valence electrons. The zero-order valence-corrected chi connectivity index (χ0v) is 20.3. The van der Waals surface area contributed by atoms with Gasteiger partial charge in [0.05, 0.1) is 12.7 Å². The smallest absolute Gasteiger partial charge is 0.257 e. The third-order valence-corrected chi connectivity index (χ3v) is 7.31. The lowest BCUT2D eigenvalue weighted by atomic mass is 9.69. The second-order valence-corrected chi connectivity index (χ2v) is 10.5. The molecule has 0 saturated heterocycles. The first-order valence-electron chi connectivity index (χ1n) is 11.3. The van der Waals surface area contributed by atoms with Gasteiger partial charge in [-0.05, 0) is 35.1 Å². The molecule has 1 unspecified atom stereocenters. The average Bonchev–Trinajstić information content (AvgIpc) is 2.81. The monoisotopic (exact) mass is 473 g/mol. The number of ketones is 1. The van der Waals surface area contributed by atoms with Crippen LogP contribution >= 0.6 is 11.8 Å². The normalized spacial score (nSPS) is 18.7. The van der Waals surface area contributed by atoms with Crippen LogP contribution in [-0.4, -0.2) is 22.9 Å². The number of nitrogens with one attached hydrogen (secondary N) is 2. The molecule has 2 aliphatic rings. The molecule has 1 aliphatic carbocycles. The Kier molecular flexibility index (Phi) is 5.81. The van der Waals surface area contributed by atoms with Crippen molar-refractivity contribution in [2.45, 2.75) is 43.5 Å². The number of thioether (sulfide) groups is 1. The fraction of sp³-hybridized carbons (Fsp3) is 0.296. The summed E-state index contributed by atoms with van der Waals surface area (Å²) in [5.74, 6) is 1.56. The fourth-order valence-corrected chi connectivity index (χ4v) is 5.63. The predicted octanol–water partition coefficient (Wildman–Crippen LogP) is 5.27. The Labute approximate surface area is 202 Å². The van der Waals surface area contributed by atoms with Crippen LogP contribution in [0.1, 0.15) is 49.3 Å². The van der Waals surface area contributed by atoms with E-state index in [2.05, 4.69) is 24.1 Å². The number of aromatic nitrogens is 2. The van der Waals surface area contributed by atoms with Crippen molar-refractivity contribution in [2.75, 3.05) is 12.4 Å². The molecule has 2 aromatic carbocycles. The Bertz CT molecular complexity index is 1330. The number of ether oxygens (including phenoxy) is 1. The lowest BCUT2D eigenvalue weighted by molar-refractivity contribution is -0.118. The second-order valence-electron chi connectivity index (χ2n) is 9.57. The second kappa shape index (κ2) is 8.80. The van der Waals surface area contributed by atoms with Crippen molar-refractivity contribution in [1.29, 1.82) is 0 Å². The highest BCUT2D eigenvalue weighted by Gasteiger charge is 2.42. The lowest BCUT2D eigenvalue weighted by Gasteiger charge is -2.38. The zero-order chi connectivity index (χ0) is 23.9. The molecule has 7 heteroatoms. The number of aromatic amines is 1. The van der Waals surface area contributed by atoms with E-state index >= 15 is 0 Å². The molecule has 2 heterocycles. The molecule has 5 rings (SSSR count). The number of methoxy groups -OCH3 is 1. The Hall–Kier alpha value is -3.32. The minimum atomic E-state index is -0.467. The number of fused-ring (bicyclic) bond motifs is 1. The van der Waals surface area contributed by atoms with Crippen LogP contribution in [0.5, 0.6) is 5.75 Å². The first kappa shape index (κ1) is 22.5. The molecule has 0 amide bonds. The van der Waals surface area contributed by atoms with Crippen LogP contribution in [0.4, 0.5) is 5.82 Å². The number of hydrogen-bond acceptors (Lipinski definition) is 6. The van der Waals surface area contributed by atoms with E-state index < -0.39 is 5.92 Å². The number of carbonyl (C=O) groups excluding carboxylic acids is 1. The van der Waals surface area contributed by atoms with Crippen molar-refractivity contribution in [3.05, 3.63) is 92.9 Å². The van der Waals surface area contributed by atoms with E-state index in [1.807, 2.05) is 54.6 Å². The highest BCUT2D eigenvalue weighted by Crippen LogP contribution is 2.47. The largest absolute Gasteiger partial charge is 0.497 e. The van der Waals surface area contributed by atoms with E-state index in [1.165, 1.54) is 11.8 Å². The summed E-state index contributed by atoms with van der Waals surface area (Å²) in [6.07, 6.45) is 1.17. The van der Waals surface area contributed by atoms with E-state index in [9.17, 15) is 9.59 Å². The maximum atomic E-state index is 13.4.